The summed E-state index contributed by atoms with van der Waals surface area (Å²) in [4.78, 5) is 0.0526. The molecule has 6 heteroatoms. The molecule has 0 aromatic heterocycles. The van der Waals surface area contributed by atoms with Crippen LogP contribution >= 0.6 is 0 Å². The van der Waals surface area contributed by atoms with Gasteiger partial charge in [-0.3, -0.25) is 0 Å². The van der Waals surface area contributed by atoms with E-state index in [-0.39, 0.29) is 16.4 Å². The van der Waals surface area contributed by atoms with Crippen LogP contribution in [0, 0.1) is 11.3 Å². The maximum atomic E-state index is 12.2. The minimum atomic E-state index is -3.94. The summed E-state index contributed by atoms with van der Waals surface area (Å²) in [6.45, 7) is 2.09. The summed E-state index contributed by atoms with van der Waals surface area (Å²) in [7, 11) is -3.94. The van der Waals surface area contributed by atoms with Gasteiger partial charge >= 0.3 is 10.1 Å². The molecule has 0 aliphatic heterocycles. The van der Waals surface area contributed by atoms with Gasteiger partial charge in [0.25, 0.3) is 0 Å². The molecule has 0 amide bonds. The molecule has 21 heavy (non-hydrogen) atoms. The third-order valence-electron chi connectivity index (χ3n) is 2.60. The van der Waals surface area contributed by atoms with Crippen molar-refractivity contribution < 1.29 is 17.3 Å². The van der Waals surface area contributed by atoms with E-state index in [0.29, 0.717) is 12.2 Å². The fourth-order valence-corrected chi connectivity index (χ4v) is 2.63. The molecule has 0 aliphatic carbocycles. The van der Waals surface area contributed by atoms with Gasteiger partial charge in [-0.2, -0.15) is 13.7 Å². The molecule has 5 nitrogen and oxygen atoms in total. The Kier molecular flexibility index (Phi) is 4.45. The lowest BCUT2D eigenvalue weighted by atomic mass is 10.2. The van der Waals surface area contributed by atoms with Gasteiger partial charge in [-0.25, -0.2) is 0 Å². The summed E-state index contributed by atoms with van der Waals surface area (Å²) in [5, 5.41) is 8.87. The Balaban J connectivity index is 2.37. The Morgan fingerprint density at radius 1 is 1.10 bits per heavy atom. The highest BCUT2D eigenvalue weighted by molar-refractivity contribution is 7.87. The van der Waals surface area contributed by atoms with E-state index in [0.717, 1.165) is 0 Å². The fraction of sp³-hybridized carbons (Fsp3) is 0.133. The molecule has 0 spiro atoms. The van der Waals surface area contributed by atoms with E-state index in [9.17, 15) is 8.42 Å². The number of hydrogen-bond donors (Lipinski definition) is 0. The fourth-order valence-electron chi connectivity index (χ4n) is 1.67. The van der Waals surface area contributed by atoms with E-state index in [1.54, 1.807) is 25.1 Å². The molecule has 0 unspecified atom stereocenters. The van der Waals surface area contributed by atoms with E-state index < -0.39 is 10.1 Å². The monoisotopic (exact) mass is 303 g/mol. The molecule has 0 radical (unpaired) electrons. The Labute approximate surface area is 123 Å². The van der Waals surface area contributed by atoms with Crippen LogP contribution in [0.5, 0.6) is 11.5 Å². The van der Waals surface area contributed by atoms with Crippen molar-refractivity contribution in [2.75, 3.05) is 6.61 Å². The number of benzene rings is 2. The Morgan fingerprint density at radius 3 is 2.43 bits per heavy atom. The zero-order valence-corrected chi connectivity index (χ0v) is 12.1. The average Bonchev–Trinajstić information content (AvgIpc) is 2.50. The zero-order chi connectivity index (χ0) is 15.3. The highest BCUT2D eigenvalue weighted by atomic mass is 32.2. The lowest BCUT2D eigenvalue weighted by molar-refractivity contribution is 0.327. The third-order valence-corrected chi connectivity index (χ3v) is 3.85. The molecule has 0 N–H and O–H groups in total. The van der Waals surface area contributed by atoms with Crippen LogP contribution < -0.4 is 8.92 Å². The van der Waals surface area contributed by atoms with E-state index >= 15 is 0 Å². The summed E-state index contributed by atoms with van der Waals surface area (Å²) >= 11 is 0. The molecule has 0 bridgehead atoms. The molecular formula is C15H13NO4S. The second kappa shape index (κ2) is 6.29. The summed E-state index contributed by atoms with van der Waals surface area (Å²) in [6, 6.07) is 14.1. The molecule has 108 valence electrons. The van der Waals surface area contributed by atoms with Gasteiger partial charge in [0.05, 0.1) is 18.2 Å². The Bertz CT molecular complexity index is 764. The average molecular weight is 303 g/mol. The van der Waals surface area contributed by atoms with Crippen molar-refractivity contribution in [1.29, 1.82) is 5.26 Å². The van der Waals surface area contributed by atoms with Crippen molar-refractivity contribution in [3.63, 3.8) is 0 Å². The summed E-state index contributed by atoms with van der Waals surface area (Å²) in [5.74, 6) is 0.274. The largest absolute Gasteiger partial charge is 0.490 e. The smallest absolute Gasteiger partial charge is 0.339 e. The molecule has 0 aliphatic rings. The minimum Gasteiger partial charge on any atom is -0.490 e. The molecule has 2 rings (SSSR count). The van der Waals surface area contributed by atoms with E-state index in [1.165, 1.54) is 30.3 Å². The number of nitriles is 1. The topological polar surface area (TPSA) is 76.4 Å². The summed E-state index contributed by atoms with van der Waals surface area (Å²) in [5.41, 5.74) is 0.364. The quantitative estimate of drug-likeness (QED) is 0.794. The minimum absolute atomic E-state index is 0.0526. The van der Waals surface area contributed by atoms with Crippen molar-refractivity contribution in [2.45, 2.75) is 11.8 Å². The zero-order valence-electron chi connectivity index (χ0n) is 11.3. The SMILES string of the molecule is CCOc1cc(C#N)ccc1OS(=O)(=O)c1ccccc1. The van der Waals surface area contributed by atoms with Crippen molar-refractivity contribution in [3.8, 4) is 17.6 Å². The van der Waals surface area contributed by atoms with Crippen LogP contribution in [0.1, 0.15) is 12.5 Å². The first-order valence-corrected chi connectivity index (χ1v) is 7.64. The molecule has 0 fully saturated rings. The maximum absolute atomic E-state index is 12.2. The molecular weight excluding hydrogens is 290 g/mol. The number of rotatable bonds is 5. The van der Waals surface area contributed by atoms with E-state index in [1.807, 2.05) is 6.07 Å². The number of ether oxygens (including phenoxy) is 1. The van der Waals surface area contributed by atoms with E-state index in [2.05, 4.69) is 0 Å². The van der Waals surface area contributed by atoms with Crippen LogP contribution in [0.2, 0.25) is 0 Å². The Morgan fingerprint density at radius 2 is 1.81 bits per heavy atom. The summed E-state index contributed by atoms with van der Waals surface area (Å²) in [6.07, 6.45) is 0. The van der Waals surface area contributed by atoms with Crippen LogP contribution in [0.25, 0.3) is 0 Å². The third kappa shape index (κ3) is 3.52. The van der Waals surface area contributed by atoms with Gasteiger partial charge in [0.2, 0.25) is 0 Å². The highest BCUT2D eigenvalue weighted by Crippen LogP contribution is 2.30. The molecule has 2 aromatic rings. The standard InChI is InChI=1S/C15H13NO4S/c1-2-19-15-10-12(11-16)8-9-14(15)20-21(17,18)13-6-4-3-5-7-13/h3-10H,2H2,1H3. The Hall–Kier alpha value is -2.52. The molecule has 0 atom stereocenters. The van der Waals surface area contributed by atoms with Gasteiger partial charge in [-0.15, -0.1) is 0 Å². The second-order valence-electron chi connectivity index (χ2n) is 4.06. The highest BCUT2D eigenvalue weighted by Gasteiger charge is 2.19. The normalized spacial score (nSPS) is 10.7. The van der Waals surface area contributed by atoms with Crippen molar-refractivity contribution in [3.05, 3.63) is 54.1 Å². The molecule has 2 aromatic carbocycles. The molecule has 0 saturated carbocycles. The molecule has 0 saturated heterocycles. The van der Waals surface area contributed by atoms with Crippen LogP contribution in [0.4, 0.5) is 0 Å². The maximum Gasteiger partial charge on any atom is 0.339 e. The number of nitrogens with zero attached hydrogens (tertiary/aromatic N) is 1. The van der Waals surface area contributed by atoms with Crippen molar-refractivity contribution in [2.24, 2.45) is 0 Å². The van der Waals surface area contributed by atoms with Gasteiger partial charge in [0.1, 0.15) is 4.90 Å². The van der Waals surface area contributed by atoms with Crippen molar-refractivity contribution in [1.82, 2.24) is 0 Å². The lowest BCUT2D eigenvalue weighted by Gasteiger charge is -2.12. The van der Waals surface area contributed by atoms with Crippen molar-refractivity contribution >= 4 is 10.1 Å². The van der Waals surface area contributed by atoms with Gasteiger partial charge < -0.3 is 8.92 Å². The first kappa shape index (κ1) is 14.9. The second-order valence-corrected chi connectivity index (χ2v) is 5.60. The van der Waals surface area contributed by atoms with Gasteiger partial charge in [0, 0.05) is 6.07 Å². The first-order chi connectivity index (χ1) is 10.1. The molecule has 0 heterocycles. The van der Waals surface area contributed by atoms with Crippen LogP contribution in [0.15, 0.2) is 53.4 Å². The summed E-state index contributed by atoms with van der Waals surface area (Å²) < 4.78 is 34.8. The van der Waals surface area contributed by atoms with Gasteiger partial charge in [-0.05, 0) is 31.2 Å². The van der Waals surface area contributed by atoms with Crippen LogP contribution in [0.3, 0.4) is 0 Å². The predicted molar refractivity (Wildman–Crippen MR) is 76.6 cm³/mol. The lowest BCUT2D eigenvalue weighted by Crippen LogP contribution is -2.10. The van der Waals surface area contributed by atoms with Crippen LogP contribution in [-0.4, -0.2) is 15.0 Å². The van der Waals surface area contributed by atoms with Crippen LogP contribution in [-0.2, 0) is 10.1 Å². The van der Waals surface area contributed by atoms with E-state index in [4.69, 9.17) is 14.2 Å². The number of hydrogen-bond acceptors (Lipinski definition) is 5. The predicted octanol–water partition coefficient (Wildman–Crippen LogP) is 2.72. The van der Waals surface area contributed by atoms with Gasteiger partial charge in [0.15, 0.2) is 11.5 Å². The first-order valence-electron chi connectivity index (χ1n) is 6.23. The van der Waals surface area contributed by atoms with Gasteiger partial charge in [-0.1, -0.05) is 18.2 Å².